The zero-order chi connectivity index (χ0) is 18.8. The van der Waals surface area contributed by atoms with Crippen molar-refractivity contribution in [3.05, 3.63) is 0 Å². The van der Waals surface area contributed by atoms with E-state index in [1.54, 1.807) is 4.90 Å². The van der Waals surface area contributed by atoms with Gasteiger partial charge in [-0.1, -0.05) is 19.8 Å². The van der Waals surface area contributed by atoms with Crippen LogP contribution in [0.5, 0.6) is 0 Å². The van der Waals surface area contributed by atoms with Gasteiger partial charge in [0.25, 0.3) is 0 Å². The third-order valence-electron chi connectivity index (χ3n) is 7.93. The van der Waals surface area contributed by atoms with Gasteiger partial charge in [0, 0.05) is 31.1 Å². The lowest BCUT2D eigenvalue weighted by Crippen LogP contribution is -3.15. The molecule has 0 spiro atoms. The van der Waals surface area contributed by atoms with Crippen molar-refractivity contribution in [1.29, 1.82) is 0 Å². The van der Waals surface area contributed by atoms with E-state index in [2.05, 4.69) is 42.0 Å². The van der Waals surface area contributed by atoms with E-state index in [1.807, 2.05) is 0 Å². The highest BCUT2D eigenvalue weighted by Crippen LogP contribution is 2.27. The van der Waals surface area contributed by atoms with Crippen LogP contribution in [0.4, 0.5) is 0 Å². The summed E-state index contributed by atoms with van der Waals surface area (Å²) in [6, 6.07) is 0.629. The molecule has 3 saturated heterocycles. The largest absolute Gasteiger partial charge is 0.331 e. The summed E-state index contributed by atoms with van der Waals surface area (Å²) in [6.07, 6.45) is 12.2. The minimum atomic E-state index is 0.196. The number of nitrogens with one attached hydrogen (secondary N) is 3. The highest BCUT2D eigenvalue weighted by Gasteiger charge is 2.44. The molecule has 0 aromatic carbocycles. The van der Waals surface area contributed by atoms with E-state index in [4.69, 9.17) is 4.84 Å². The molecule has 0 aromatic rings. The maximum absolute atomic E-state index is 6.11. The van der Waals surface area contributed by atoms with E-state index >= 15 is 0 Å². The topological polar surface area (TPSA) is 57.6 Å². The number of hydrogen-bond acceptors (Lipinski definition) is 4. The number of hydrogen-bond donors (Lipinski definition) is 4. The molecule has 6 nitrogen and oxygen atoms in total. The van der Waals surface area contributed by atoms with Gasteiger partial charge < -0.3 is 10.2 Å². The SMILES string of the molecule is CC1CCC(C[NH+]2CCC[C@H]2C2NC(C3CCC(N(C)C)[NH2+]C3)NO2)CC1. The monoisotopic (exact) mass is 381 g/mol. The van der Waals surface area contributed by atoms with Gasteiger partial charge in [0.15, 0.2) is 6.23 Å². The fraction of sp³-hybridized carbons (Fsp3) is 1.00. The van der Waals surface area contributed by atoms with Crippen molar-refractivity contribution in [2.24, 2.45) is 17.8 Å². The molecule has 156 valence electrons. The second-order valence-corrected chi connectivity index (χ2v) is 10.1. The first-order chi connectivity index (χ1) is 13.1. The maximum atomic E-state index is 6.11. The van der Waals surface area contributed by atoms with Crippen molar-refractivity contribution in [2.75, 3.05) is 33.7 Å². The van der Waals surface area contributed by atoms with Gasteiger partial charge in [0.2, 0.25) is 0 Å². The van der Waals surface area contributed by atoms with Gasteiger partial charge in [0.05, 0.1) is 25.8 Å². The Morgan fingerprint density at radius 1 is 1.07 bits per heavy atom. The van der Waals surface area contributed by atoms with Crippen LogP contribution in [0.25, 0.3) is 0 Å². The van der Waals surface area contributed by atoms with Gasteiger partial charge >= 0.3 is 0 Å². The summed E-state index contributed by atoms with van der Waals surface area (Å²) in [5, 5.41) is 6.34. The van der Waals surface area contributed by atoms with Gasteiger partial charge in [-0.3, -0.25) is 15.1 Å². The van der Waals surface area contributed by atoms with E-state index in [0.29, 0.717) is 24.3 Å². The molecule has 6 heteroatoms. The molecule has 0 radical (unpaired) electrons. The van der Waals surface area contributed by atoms with E-state index in [1.165, 1.54) is 71.0 Å². The molecule has 1 aliphatic carbocycles. The maximum Gasteiger partial charge on any atom is 0.183 e. The van der Waals surface area contributed by atoms with Crippen molar-refractivity contribution in [1.82, 2.24) is 15.7 Å². The van der Waals surface area contributed by atoms with Crippen molar-refractivity contribution in [3.63, 3.8) is 0 Å². The number of quaternary nitrogens is 2. The van der Waals surface area contributed by atoms with Gasteiger partial charge in [-0.25, -0.2) is 0 Å². The quantitative estimate of drug-likeness (QED) is 0.519. The summed E-state index contributed by atoms with van der Waals surface area (Å²) < 4.78 is 0. The van der Waals surface area contributed by atoms with Gasteiger partial charge in [-0.15, -0.1) is 0 Å². The molecule has 27 heavy (non-hydrogen) atoms. The molecule has 0 aromatic heterocycles. The lowest BCUT2D eigenvalue weighted by Gasteiger charge is -2.33. The molecule has 3 heterocycles. The Hall–Kier alpha value is -0.240. The van der Waals surface area contributed by atoms with Crippen LogP contribution in [0, 0.1) is 17.8 Å². The number of nitrogens with two attached hydrogens (primary N) is 1. The third-order valence-corrected chi connectivity index (χ3v) is 7.93. The molecular weight excluding hydrogens is 338 g/mol. The molecule has 5 N–H and O–H groups in total. The predicted molar refractivity (Wildman–Crippen MR) is 107 cm³/mol. The zero-order valence-electron chi connectivity index (χ0n) is 17.8. The zero-order valence-corrected chi connectivity index (χ0v) is 17.8. The predicted octanol–water partition coefficient (Wildman–Crippen LogP) is -0.502. The Morgan fingerprint density at radius 3 is 2.59 bits per heavy atom. The van der Waals surface area contributed by atoms with Crippen molar-refractivity contribution in [3.8, 4) is 0 Å². The Morgan fingerprint density at radius 2 is 1.89 bits per heavy atom. The molecule has 5 unspecified atom stereocenters. The summed E-state index contributed by atoms with van der Waals surface area (Å²) in [4.78, 5) is 10.3. The van der Waals surface area contributed by atoms with Crippen LogP contribution >= 0.6 is 0 Å². The fourth-order valence-electron chi connectivity index (χ4n) is 6.01. The first-order valence-electron chi connectivity index (χ1n) is 11.6. The third kappa shape index (κ3) is 4.85. The number of rotatable bonds is 5. The average molecular weight is 382 g/mol. The van der Waals surface area contributed by atoms with Crippen LogP contribution in [-0.4, -0.2) is 63.2 Å². The van der Waals surface area contributed by atoms with Crippen LogP contribution < -0.4 is 21.0 Å². The number of likely N-dealkylation sites (tertiary alicyclic amines) is 1. The summed E-state index contributed by atoms with van der Waals surface area (Å²) >= 11 is 0. The Bertz CT molecular complexity index is 459. The number of nitrogens with zero attached hydrogens (tertiary/aromatic N) is 1. The van der Waals surface area contributed by atoms with Gasteiger partial charge in [-0.05, 0) is 39.3 Å². The van der Waals surface area contributed by atoms with Crippen LogP contribution in [0.3, 0.4) is 0 Å². The van der Waals surface area contributed by atoms with Gasteiger partial charge in [0.1, 0.15) is 12.2 Å². The smallest absolute Gasteiger partial charge is 0.183 e. The van der Waals surface area contributed by atoms with E-state index in [0.717, 1.165) is 11.8 Å². The van der Waals surface area contributed by atoms with Crippen molar-refractivity contribution < 1.29 is 15.1 Å². The minimum absolute atomic E-state index is 0.196. The number of piperidine rings is 1. The van der Waals surface area contributed by atoms with E-state index < -0.39 is 0 Å². The second kappa shape index (κ2) is 9.06. The van der Waals surface area contributed by atoms with Crippen LogP contribution in [-0.2, 0) is 4.84 Å². The molecule has 4 aliphatic rings. The van der Waals surface area contributed by atoms with E-state index in [-0.39, 0.29) is 6.23 Å². The molecule has 6 atom stereocenters. The average Bonchev–Trinajstić information content (AvgIpc) is 3.33. The fourth-order valence-corrected chi connectivity index (χ4v) is 6.01. The first kappa shape index (κ1) is 20.0. The first-order valence-corrected chi connectivity index (χ1v) is 11.6. The van der Waals surface area contributed by atoms with Crippen LogP contribution in [0.15, 0.2) is 0 Å². The Kier molecular flexibility index (Phi) is 6.72. The summed E-state index contributed by atoms with van der Waals surface area (Å²) in [6.45, 7) is 6.31. The highest BCUT2D eigenvalue weighted by atomic mass is 16.7. The van der Waals surface area contributed by atoms with Crippen molar-refractivity contribution >= 4 is 0 Å². The Balaban J connectivity index is 1.25. The normalized spacial score (nSPS) is 46.2. The summed E-state index contributed by atoms with van der Waals surface area (Å²) in [5.74, 6) is 2.56. The molecule has 1 saturated carbocycles. The van der Waals surface area contributed by atoms with Gasteiger partial charge in [-0.2, -0.15) is 5.48 Å². The minimum Gasteiger partial charge on any atom is -0.331 e. The summed E-state index contributed by atoms with van der Waals surface area (Å²) in [5.41, 5.74) is 3.37. The molecule has 3 aliphatic heterocycles. The molecule has 4 fully saturated rings. The molecule has 0 bridgehead atoms. The van der Waals surface area contributed by atoms with Crippen molar-refractivity contribution in [2.45, 2.75) is 82.9 Å². The molecular formula is C21H43N5O+2. The standard InChI is InChI=1S/C21H41N5O/c1-15-6-8-16(9-7-15)14-26-12-4-5-18(26)21-23-20(24-27-21)17-10-11-19(22-13-17)25(2)3/h15-24H,4-14H2,1-3H3/p+2/t15?,16?,17?,18-,19?,20?,21?/m0/s1. The number of hydroxylamine groups is 1. The van der Waals surface area contributed by atoms with Crippen LogP contribution in [0.1, 0.15) is 58.3 Å². The van der Waals surface area contributed by atoms with E-state index in [9.17, 15) is 0 Å². The highest BCUT2D eigenvalue weighted by molar-refractivity contribution is 4.84. The molecule has 4 rings (SSSR count). The Labute approximate surface area is 165 Å². The lowest BCUT2D eigenvalue weighted by molar-refractivity contribution is -0.919. The van der Waals surface area contributed by atoms with Crippen LogP contribution in [0.2, 0.25) is 0 Å². The molecule has 0 amide bonds. The second-order valence-electron chi connectivity index (χ2n) is 10.1. The lowest BCUT2D eigenvalue weighted by atomic mass is 9.82. The summed E-state index contributed by atoms with van der Waals surface area (Å²) in [7, 11) is 4.38.